The molecule has 2 aromatic rings. The Hall–Kier alpha value is -2.29. The molecule has 0 aliphatic carbocycles. The van der Waals surface area contributed by atoms with Gasteiger partial charge in [0.25, 0.3) is 0 Å². The molecule has 0 bridgehead atoms. The fraction of sp³-hybridized carbons (Fsp3) is 0.188. The summed E-state index contributed by atoms with van der Waals surface area (Å²) >= 11 is 0. The van der Waals surface area contributed by atoms with Crippen molar-refractivity contribution in [1.82, 2.24) is 0 Å². The van der Waals surface area contributed by atoms with Crippen LogP contribution in [0.25, 0.3) is 0 Å². The monoisotopic (exact) mass is 255 g/mol. The highest BCUT2D eigenvalue weighted by atomic mass is 16.5. The maximum atomic E-state index is 8.82. The van der Waals surface area contributed by atoms with Gasteiger partial charge in [0.1, 0.15) is 5.75 Å². The van der Waals surface area contributed by atoms with E-state index in [9.17, 15) is 0 Å². The molecule has 0 fully saturated rings. The van der Waals surface area contributed by atoms with Crippen molar-refractivity contribution in [2.24, 2.45) is 5.16 Å². The SMILES string of the molecule is COc1ccc(C(C=NO)Cc2ccccc2)cc1. The largest absolute Gasteiger partial charge is 0.497 e. The smallest absolute Gasteiger partial charge is 0.118 e. The van der Waals surface area contributed by atoms with Crippen LogP contribution in [-0.2, 0) is 6.42 Å². The van der Waals surface area contributed by atoms with E-state index in [0.717, 1.165) is 17.7 Å². The van der Waals surface area contributed by atoms with Crippen LogP contribution in [0.4, 0.5) is 0 Å². The Morgan fingerprint density at radius 3 is 2.37 bits per heavy atom. The number of benzene rings is 2. The normalized spacial score (nSPS) is 12.5. The molecule has 2 rings (SSSR count). The third-order valence-electron chi connectivity index (χ3n) is 3.09. The van der Waals surface area contributed by atoms with Crippen molar-refractivity contribution in [3.63, 3.8) is 0 Å². The van der Waals surface area contributed by atoms with Gasteiger partial charge in [-0.25, -0.2) is 0 Å². The number of nitrogens with zero attached hydrogens (tertiary/aromatic N) is 1. The first-order valence-corrected chi connectivity index (χ1v) is 6.19. The first-order chi connectivity index (χ1) is 9.33. The van der Waals surface area contributed by atoms with Crippen LogP contribution in [-0.4, -0.2) is 18.5 Å². The lowest BCUT2D eigenvalue weighted by Gasteiger charge is -2.12. The second kappa shape index (κ2) is 6.59. The van der Waals surface area contributed by atoms with Crippen molar-refractivity contribution in [2.45, 2.75) is 12.3 Å². The number of oxime groups is 1. The van der Waals surface area contributed by atoms with E-state index in [1.54, 1.807) is 13.3 Å². The Labute approximate surface area is 113 Å². The molecule has 0 saturated carbocycles. The molecule has 0 radical (unpaired) electrons. The minimum atomic E-state index is 0.0540. The minimum Gasteiger partial charge on any atom is -0.497 e. The molecule has 98 valence electrons. The van der Waals surface area contributed by atoms with Crippen LogP contribution in [0, 0.1) is 0 Å². The average molecular weight is 255 g/mol. The van der Waals surface area contributed by atoms with Crippen molar-refractivity contribution >= 4 is 6.21 Å². The summed E-state index contributed by atoms with van der Waals surface area (Å²) in [6, 6.07) is 18.0. The predicted molar refractivity (Wildman–Crippen MR) is 76.2 cm³/mol. The Balaban J connectivity index is 2.19. The van der Waals surface area contributed by atoms with Gasteiger partial charge >= 0.3 is 0 Å². The van der Waals surface area contributed by atoms with E-state index in [1.165, 1.54) is 5.56 Å². The van der Waals surface area contributed by atoms with Gasteiger partial charge < -0.3 is 9.94 Å². The van der Waals surface area contributed by atoms with Gasteiger partial charge in [-0.3, -0.25) is 0 Å². The van der Waals surface area contributed by atoms with Gasteiger partial charge in [-0.1, -0.05) is 42.5 Å². The molecule has 1 unspecified atom stereocenters. The molecule has 0 aliphatic rings. The zero-order valence-electron chi connectivity index (χ0n) is 10.9. The summed E-state index contributed by atoms with van der Waals surface area (Å²) in [6.45, 7) is 0. The molecule has 0 spiro atoms. The quantitative estimate of drug-likeness (QED) is 0.505. The Bertz CT molecular complexity index is 520. The predicted octanol–water partition coefficient (Wildman–Crippen LogP) is 3.48. The molecule has 19 heavy (non-hydrogen) atoms. The summed E-state index contributed by atoms with van der Waals surface area (Å²) in [5.41, 5.74) is 2.31. The molecule has 0 saturated heterocycles. The van der Waals surface area contributed by atoms with Crippen LogP contribution < -0.4 is 4.74 Å². The lowest BCUT2D eigenvalue weighted by Crippen LogP contribution is -2.04. The zero-order valence-corrected chi connectivity index (χ0v) is 10.9. The average Bonchev–Trinajstić information content (AvgIpc) is 2.48. The minimum absolute atomic E-state index is 0.0540. The molecule has 0 aromatic heterocycles. The highest BCUT2D eigenvalue weighted by Crippen LogP contribution is 2.22. The summed E-state index contributed by atoms with van der Waals surface area (Å²) in [5.74, 6) is 0.876. The molecule has 1 atom stereocenters. The standard InChI is InChI=1S/C16H17NO2/c1-19-16-9-7-14(8-10-16)15(12-17-18)11-13-5-3-2-4-6-13/h2-10,12,15,18H,11H2,1H3. The molecular formula is C16H17NO2. The molecule has 1 N–H and O–H groups in total. The summed E-state index contributed by atoms with van der Waals surface area (Å²) in [6.07, 6.45) is 2.37. The van der Waals surface area contributed by atoms with Crippen LogP contribution >= 0.6 is 0 Å². The fourth-order valence-corrected chi connectivity index (χ4v) is 2.06. The van der Waals surface area contributed by atoms with Crippen LogP contribution in [0.15, 0.2) is 59.8 Å². The molecular weight excluding hydrogens is 238 g/mol. The first-order valence-electron chi connectivity index (χ1n) is 6.19. The molecule has 2 aromatic carbocycles. The van der Waals surface area contributed by atoms with Crippen LogP contribution in [0.5, 0.6) is 5.75 Å². The van der Waals surface area contributed by atoms with Gasteiger partial charge in [0.15, 0.2) is 0 Å². The highest BCUT2D eigenvalue weighted by molar-refractivity contribution is 5.68. The topological polar surface area (TPSA) is 41.8 Å². The first kappa shape index (κ1) is 13.1. The number of methoxy groups -OCH3 is 1. The number of hydrogen-bond acceptors (Lipinski definition) is 3. The number of rotatable bonds is 5. The van der Waals surface area contributed by atoms with E-state index >= 15 is 0 Å². The van der Waals surface area contributed by atoms with E-state index in [2.05, 4.69) is 17.3 Å². The third kappa shape index (κ3) is 3.58. The fourth-order valence-electron chi connectivity index (χ4n) is 2.06. The number of hydrogen-bond donors (Lipinski definition) is 1. The van der Waals surface area contributed by atoms with Crippen molar-refractivity contribution in [1.29, 1.82) is 0 Å². The maximum Gasteiger partial charge on any atom is 0.118 e. The summed E-state index contributed by atoms with van der Waals surface area (Å²) in [7, 11) is 1.64. The van der Waals surface area contributed by atoms with Gasteiger partial charge in [-0.2, -0.15) is 0 Å². The van der Waals surface area contributed by atoms with E-state index in [-0.39, 0.29) is 5.92 Å². The van der Waals surface area contributed by atoms with E-state index in [0.29, 0.717) is 0 Å². The molecule has 3 heteroatoms. The van der Waals surface area contributed by atoms with Gasteiger partial charge in [0, 0.05) is 5.92 Å². The van der Waals surface area contributed by atoms with Crippen LogP contribution in [0.1, 0.15) is 17.0 Å². The van der Waals surface area contributed by atoms with E-state index in [1.807, 2.05) is 42.5 Å². The second-order valence-corrected chi connectivity index (χ2v) is 4.33. The second-order valence-electron chi connectivity index (χ2n) is 4.33. The van der Waals surface area contributed by atoms with Crippen molar-refractivity contribution in [3.05, 3.63) is 65.7 Å². The lowest BCUT2D eigenvalue weighted by molar-refractivity contribution is 0.319. The van der Waals surface area contributed by atoms with Crippen LogP contribution in [0.2, 0.25) is 0 Å². The molecule has 3 nitrogen and oxygen atoms in total. The molecule has 0 heterocycles. The molecule has 0 amide bonds. The van der Waals surface area contributed by atoms with Crippen molar-refractivity contribution in [2.75, 3.05) is 7.11 Å². The van der Waals surface area contributed by atoms with Gasteiger partial charge in [0.2, 0.25) is 0 Å². The van der Waals surface area contributed by atoms with E-state index < -0.39 is 0 Å². The summed E-state index contributed by atoms with van der Waals surface area (Å²) < 4.78 is 5.14. The Morgan fingerprint density at radius 1 is 1.11 bits per heavy atom. The Morgan fingerprint density at radius 2 is 1.79 bits per heavy atom. The Kier molecular flexibility index (Phi) is 4.56. The zero-order chi connectivity index (χ0) is 13.5. The third-order valence-corrected chi connectivity index (χ3v) is 3.09. The van der Waals surface area contributed by atoms with Gasteiger partial charge in [-0.05, 0) is 29.7 Å². The lowest BCUT2D eigenvalue weighted by atomic mass is 9.93. The number of ether oxygens (including phenoxy) is 1. The van der Waals surface area contributed by atoms with Gasteiger partial charge in [0.05, 0.1) is 13.3 Å². The van der Waals surface area contributed by atoms with E-state index in [4.69, 9.17) is 9.94 Å². The highest BCUT2D eigenvalue weighted by Gasteiger charge is 2.10. The van der Waals surface area contributed by atoms with Gasteiger partial charge in [-0.15, -0.1) is 5.16 Å². The van der Waals surface area contributed by atoms with Crippen LogP contribution in [0.3, 0.4) is 0 Å². The maximum absolute atomic E-state index is 8.82. The molecule has 0 aliphatic heterocycles. The summed E-state index contributed by atoms with van der Waals surface area (Å²) in [4.78, 5) is 0. The van der Waals surface area contributed by atoms with Crippen molar-refractivity contribution < 1.29 is 9.94 Å². The van der Waals surface area contributed by atoms with Crippen molar-refractivity contribution in [3.8, 4) is 5.75 Å². The summed E-state index contributed by atoms with van der Waals surface area (Å²) in [5, 5.41) is 12.0.